The van der Waals surface area contributed by atoms with Gasteiger partial charge in [-0.1, -0.05) is 30.3 Å². The molecule has 0 radical (unpaired) electrons. The standard InChI is InChI=1S/C24H30N2O5/c1-15-12-18(14-30-22(28)17(3)25-23(29)31-24(4,5)6)13-16(2)20(15)21(27)26-19-10-8-7-9-11-19/h7-13,17H,14H2,1-6H3,(H,25,29)(H,26,27)/t17-/m0/s1. The molecule has 2 rings (SSSR count). The van der Waals surface area contributed by atoms with Crippen molar-refractivity contribution in [1.29, 1.82) is 0 Å². The highest BCUT2D eigenvalue weighted by Crippen LogP contribution is 2.19. The van der Waals surface area contributed by atoms with Crippen LogP contribution < -0.4 is 10.6 Å². The van der Waals surface area contributed by atoms with Crippen molar-refractivity contribution in [1.82, 2.24) is 5.32 Å². The van der Waals surface area contributed by atoms with E-state index < -0.39 is 23.7 Å². The van der Waals surface area contributed by atoms with Gasteiger partial charge in [0.2, 0.25) is 0 Å². The second-order valence-corrected chi connectivity index (χ2v) is 8.40. The summed E-state index contributed by atoms with van der Waals surface area (Å²) in [5.74, 6) is -0.771. The van der Waals surface area contributed by atoms with E-state index in [2.05, 4.69) is 10.6 Å². The predicted octanol–water partition coefficient (Wildman–Crippen LogP) is 4.51. The largest absolute Gasteiger partial charge is 0.459 e. The molecule has 1 atom stereocenters. The van der Waals surface area contributed by atoms with Crippen LogP contribution in [0.3, 0.4) is 0 Å². The third-order valence-electron chi connectivity index (χ3n) is 4.32. The summed E-state index contributed by atoms with van der Waals surface area (Å²) in [7, 11) is 0. The first-order valence-electron chi connectivity index (χ1n) is 10.1. The summed E-state index contributed by atoms with van der Waals surface area (Å²) in [5.41, 5.74) is 2.95. The zero-order valence-corrected chi connectivity index (χ0v) is 18.9. The van der Waals surface area contributed by atoms with Crippen molar-refractivity contribution < 1.29 is 23.9 Å². The van der Waals surface area contributed by atoms with E-state index >= 15 is 0 Å². The zero-order chi connectivity index (χ0) is 23.2. The lowest BCUT2D eigenvalue weighted by molar-refractivity contribution is -0.147. The number of amides is 2. The van der Waals surface area contributed by atoms with E-state index in [1.165, 1.54) is 6.92 Å². The number of carbonyl (C=O) groups is 3. The monoisotopic (exact) mass is 426 g/mol. The fourth-order valence-corrected chi connectivity index (χ4v) is 3.03. The lowest BCUT2D eigenvalue weighted by Gasteiger charge is -2.21. The van der Waals surface area contributed by atoms with E-state index in [4.69, 9.17) is 9.47 Å². The molecular formula is C24H30N2O5. The first-order valence-corrected chi connectivity index (χ1v) is 10.1. The Morgan fingerprint density at radius 2 is 1.58 bits per heavy atom. The number of hydrogen-bond acceptors (Lipinski definition) is 5. The molecule has 166 valence electrons. The number of para-hydroxylation sites is 1. The third kappa shape index (κ3) is 7.44. The Labute approximate surface area is 183 Å². The van der Waals surface area contributed by atoms with E-state index in [-0.39, 0.29) is 12.5 Å². The molecule has 2 N–H and O–H groups in total. The fourth-order valence-electron chi connectivity index (χ4n) is 3.03. The topological polar surface area (TPSA) is 93.7 Å². The van der Waals surface area contributed by atoms with Gasteiger partial charge in [0.05, 0.1) is 0 Å². The van der Waals surface area contributed by atoms with Gasteiger partial charge in [0, 0.05) is 11.3 Å². The predicted molar refractivity (Wildman–Crippen MR) is 119 cm³/mol. The number of nitrogens with one attached hydrogen (secondary N) is 2. The summed E-state index contributed by atoms with van der Waals surface area (Å²) in [4.78, 5) is 36.7. The number of esters is 1. The molecule has 0 spiro atoms. The van der Waals surface area contributed by atoms with Gasteiger partial charge in [-0.15, -0.1) is 0 Å². The van der Waals surface area contributed by atoms with E-state index in [1.807, 2.05) is 56.3 Å². The highest BCUT2D eigenvalue weighted by atomic mass is 16.6. The SMILES string of the molecule is Cc1cc(COC(=O)[C@H](C)NC(=O)OC(C)(C)C)cc(C)c1C(=O)Nc1ccccc1. The first-order chi connectivity index (χ1) is 14.5. The minimum atomic E-state index is -0.854. The molecule has 0 bridgehead atoms. The quantitative estimate of drug-likeness (QED) is 0.663. The molecule has 2 aromatic rings. The molecule has 7 heteroatoms. The van der Waals surface area contributed by atoms with Gasteiger partial charge in [-0.3, -0.25) is 4.79 Å². The summed E-state index contributed by atoms with van der Waals surface area (Å²) in [6.45, 7) is 10.5. The van der Waals surface area contributed by atoms with E-state index in [1.54, 1.807) is 20.8 Å². The molecule has 0 heterocycles. The second-order valence-electron chi connectivity index (χ2n) is 8.40. The average Bonchev–Trinajstić information content (AvgIpc) is 2.64. The Kier molecular flexibility index (Phi) is 7.80. The molecule has 0 aliphatic carbocycles. The molecular weight excluding hydrogens is 396 g/mol. The van der Waals surface area contributed by atoms with Gasteiger partial charge in [0.1, 0.15) is 18.2 Å². The molecule has 0 saturated heterocycles. The van der Waals surface area contributed by atoms with Crippen LogP contribution in [0, 0.1) is 13.8 Å². The van der Waals surface area contributed by atoms with Crippen LogP contribution in [0.5, 0.6) is 0 Å². The number of anilines is 1. The highest BCUT2D eigenvalue weighted by molar-refractivity contribution is 6.06. The van der Waals surface area contributed by atoms with Crippen LogP contribution in [-0.2, 0) is 20.9 Å². The number of ether oxygens (including phenoxy) is 2. The zero-order valence-electron chi connectivity index (χ0n) is 18.9. The average molecular weight is 427 g/mol. The van der Waals surface area contributed by atoms with E-state index in [0.717, 1.165) is 22.4 Å². The van der Waals surface area contributed by atoms with Gasteiger partial charge < -0.3 is 20.1 Å². The molecule has 2 amide bonds. The Morgan fingerprint density at radius 3 is 2.13 bits per heavy atom. The molecule has 0 unspecified atom stereocenters. The minimum Gasteiger partial charge on any atom is -0.459 e. The summed E-state index contributed by atoms with van der Waals surface area (Å²) in [5, 5.41) is 5.34. The molecule has 0 aliphatic rings. The number of benzene rings is 2. The normalized spacial score (nSPS) is 11.9. The van der Waals surface area contributed by atoms with Gasteiger partial charge >= 0.3 is 12.1 Å². The summed E-state index contributed by atoms with van der Waals surface area (Å²) in [6, 6.07) is 12.0. The van der Waals surface area contributed by atoms with Gasteiger partial charge in [0.15, 0.2) is 0 Å². The molecule has 2 aromatic carbocycles. The third-order valence-corrected chi connectivity index (χ3v) is 4.32. The Morgan fingerprint density at radius 1 is 1.00 bits per heavy atom. The first kappa shape index (κ1) is 23.9. The lowest BCUT2D eigenvalue weighted by Crippen LogP contribution is -2.42. The van der Waals surface area contributed by atoms with Gasteiger partial charge in [0.25, 0.3) is 5.91 Å². The molecule has 31 heavy (non-hydrogen) atoms. The fraction of sp³-hybridized carbons (Fsp3) is 0.375. The van der Waals surface area contributed by atoms with Crippen LogP contribution in [0.25, 0.3) is 0 Å². The maximum absolute atomic E-state index is 12.7. The van der Waals surface area contributed by atoms with Crippen LogP contribution in [0.15, 0.2) is 42.5 Å². The van der Waals surface area contributed by atoms with E-state index in [9.17, 15) is 14.4 Å². The number of rotatable bonds is 6. The summed E-state index contributed by atoms with van der Waals surface area (Å²) < 4.78 is 10.5. The van der Waals surface area contributed by atoms with Crippen LogP contribution in [0.4, 0.5) is 10.5 Å². The van der Waals surface area contributed by atoms with Crippen molar-refractivity contribution in [2.45, 2.75) is 59.8 Å². The van der Waals surface area contributed by atoms with Crippen LogP contribution in [0.2, 0.25) is 0 Å². The Hall–Kier alpha value is -3.35. The molecule has 0 aromatic heterocycles. The minimum absolute atomic E-state index is 0.0292. The van der Waals surface area contributed by atoms with Crippen LogP contribution >= 0.6 is 0 Å². The number of alkyl carbamates (subject to hydrolysis) is 1. The van der Waals surface area contributed by atoms with Gasteiger partial charge in [-0.25, -0.2) is 9.59 Å². The molecule has 0 saturated carbocycles. The van der Waals surface area contributed by atoms with Crippen molar-refractivity contribution in [2.24, 2.45) is 0 Å². The second kappa shape index (κ2) is 10.1. The van der Waals surface area contributed by atoms with Crippen molar-refractivity contribution >= 4 is 23.7 Å². The Bertz CT molecular complexity index is 925. The summed E-state index contributed by atoms with van der Waals surface area (Å²) in [6.07, 6.45) is -0.683. The van der Waals surface area contributed by atoms with Crippen LogP contribution in [0.1, 0.15) is 54.7 Å². The van der Waals surface area contributed by atoms with E-state index in [0.29, 0.717) is 5.56 Å². The van der Waals surface area contributed by atoms with Crippen molar-refractivity contribution in [3.63, 3.8) is 0 Å². The maximum atomic E-state index is 12.7. The summed E-state index contributed by atoms with van der Waals surface area (Å²) >= 11 is 0. The number of aryl methyl sites for hydroxylation is 2. The van der Waals surface area contributed by atoms with Gasteiger partial charge in [-0.2, -0.15) is 0 Å². The number of carbonyl (C=O) groups excluding carboxylic acids is 3. The van der Waals surface area contributed by atoms with Crippen molar-refractivity contribution in [3.8, 4) is 0 Å². The maximum Gasteiger partial charge on any atom is 0.408 e. The molecule has 7 nitrogen and oxygen atoms in total. The van der Waals surface area contributed by atoms with Crippen LogP contribution in [-0.4, -0.2) is 29.6 Å². The molecule has 0 fully saturated rings. The number of hydrogen-bond donors (Lipinski definition) is 2. The lowest BCUT2D eigenvalue weighted by atomic mass is 9.98. The smallest absolute Gasteiger partial charge is 0.408 e. The van der Waals surface area contributed by atoms with Crippen molar-refractivity contribution in [2.75, 3.05) is 5.32 Å². The Balaban J connectivity index is 1.98. The van der Waals surface area contributed by atoms with Gasteiger partial charge in [-0.05, 0) is 70.4 Å². The van der Waals surface area contributed by atoms with Crippen molar-refractivity contribution in [3.05, 3.63) is 64.7 Å². The molecule has 0 aliphatic heterocycles. The highest BCUT2D eigenvalue weighted by Gasteiger charge is 2.22.